The van der Waals surface area contributed by atoms with E-state index in [0.717, 1.165) is 5.56 Å². The van der Waals surface area contributed by atoms with Gasteiger partial charge < -0.3 is 14.6 Å². The molecule has 0 spiro atoms. The first-order valence-corrected chi connectivity index (χ1v) is 6.71. The Morgan fingerprint density at radius 1 is 1.48 bits per heavy atom. The van der Waals surface area contributed by atoms with Crippen LogP contribution in [0.1, 0.15) is 19.4 Å². The summed E-state index contributed by atoms with van der Waals surface area (Å²) in [7, 11) is 1.52. The molecule has 1 aromatic carbocycles. The summed E-state index contributed by atoms with van der Waals surface area (Å²) in [5, 5.41) is 9.39. The first kappa shape index (κ1) is 15.4. The van der Waals surface area contributed by atoms with Gasteiger partial charge >= 0.3 is 6.09 Å². The zero-order chi connectivity index (χ0) is 15.5. The highest BCUT2D eigenvalue weighted by Crippen LogP contribution is 2.29. The Morgan fingerprint density at radius 2 is 2.14 bits per heavy atom. The molecule has 1 amide bonds. The number of ether oxygens (including phenoxy) is 2. The van der Waals surface area contributed by atoms with E-state index in [1.165, 1.54) is 12.0 Å². The van der Waals surface area contributed by atoms with Gasteiger partial charge in [-0.05, 0) is 26.0 Å². The van der Waals surface area contributed by atoms with E-state index in [2.05, 4.69) is 11.8 Å². The molecule has 1 aliphatic rings. The van der Waals surface area contributed by atoms with Gasteiger partial charge in [0.05, 0.1) is 12.6 Å². The van der Waals surface area contributed by atoms with Crippen molar-refractivity contribution in [2.75, 3.05) is 13.7 Å². The minimum Gasteiger partial charge on any atom is -0.465 e. The van der Waals surface area contributed by atoms with Crippen molar-refractivity contribution < 1.29 is 19.4 Å². The Hall–Kier alpha value is -2.03. The Balaban J connectivity index is 2.22. The van der Waals surface area contributed by atoms with E-state index in [9.17, 15) is 9.90 Å². The fourth-order valence-corrected chi connectivity index (χ4v) is 2.42. The van der Waals surface area contributed by atoms with Crippen LogP contribution in [0.5, 0.6) is 0 Å². The number of nitrogens with zero attached hydrogens (tertiary/aromatic N) is 1. The lowest BCUT2D eigenvalue weighted by molar-refractivity contribution is -0.0458. The van der Waals surface area contributed by atoms with Crippen LogP contribution in [0.15, 0.2) is 30.3 Å². The monoisotopic (exact) mass is 289 g/mol. The van der Waals surface area contributed by atoms with E-state index in [4.69, 9.17) is 9.47 Å². The maximum atomic E-state index is 11.5. The summed E-state index contributed by atoms with van der Waals surface area (Å²) in [6.45, 7) is 3.71. The largest absolute Gasteiger partial charge is 0.465 e. The molecule has 0 aromatic heterocycles. The molecule has 5 heteroatoms. The normalized spacial score (nSPS) is 21.5. The van der Waals surface area contributed by atoms with E-state index in [0.29, 0.717) is 0 Å². The topological polar surface area (TPSA) is 59.0 Å². The summed E-state index contributed by atoms with van der Waals surface area (Å²) < 4.78 is 10.9. The molecule has 0 radical (unpaired) electrons. The predicted octanol–water partition coefficient (Wildman–Crippen LogP) is 2.17. The van der Waals surface area contributed by atoms with Crippen LogP contribution < -0.4 is 0 Å². The fraction of sp³-hybridized carbons (Fsp3) is 0.438. The smallest absolute Gasteiger partial charge is 0.410 e. The van der Waals surface area contributed by atoms with Crippen LogP contribution >= 0.6 is 0 Å². The van der Waals surface area contributed by atoms with Crippen LogP contribution in [0, 0.1) is 11.8 Å². The van der Waals surface area contributed by atoms with Crippen LogP contribution in [0.3, 0.4) is 0 Å². The summed E-state index contributed by atoms with van der Waals surface area (Å²) in [5.74, 6) is 6.00. The van der Waals surface area contributed by atoms with Crippen LogP contribution in [0.25, 0.3) is 0 Å². The summed E-state index contributed by atoms with van der Waals surface area (Å²) in [6.07, 6.45) is -1.57. The zero-order valence-corrected chi connectivity index (χ0v) is 12.4. The van der Waals surface area contributed by atoms with E-state index < -0.39 is 24.0 Å². The average Bonchev–Trinajstić information content (AvgIpc) is 2.76. The molecule has 0 saturated carbocycles. The Kier molecular flexibility index (Phi) is 4.51. The van der Waals surface area contributed by atoms with E-state index in [1.54, 1.807) is 13.8 Å². The maximum absolute atomic E-state index is 11.5. The predicted molar refractivity (Wildman–Crippen MR) is 77.8 cm³/mol. The van der Waals surface area contributed by atoms with Gasteiger partial charge in [-0.1, -0.05) is 30.0 Å². The molecule has 1 saturated heterocycles. The lowest BCUT2D eigenvalue weighted by atomic mass is 10.1. The number of benzene rings is 1. The number of rotatable bonds is 2. The zero-order valence-electron chi connectivity index (χ0n) is 12.4. The summed E-state index contributed by atoms with van der Waals surface area (Å²) in [4.78, 5) is 12.7. The molecule has 1 unspecified atom stereocenters. The van der Waals surface area contributed by atoms with Crippen molar-refractivity contribution in [1.82, 2.24) is 4.90 Å². The van der Waals surface area contributed by atoms with E-state index in [1.807, 2.05) is 30.3 Å². The molecule has 0 aliphatic carbocycles. The highest BCUT2D eigenvalue weighted by atomic mass is 16.5. The van der Waals surface area contributed by atoms with Gasteiger partial charge in [0.25, 0.3) is 0 Å². The molecule has 2 atom stereocenters. The van der Waals surface area contributed by atoms with Gasteiger partial charge in [-0.25, -0.2) is 4.79 Å². The molecule has 1 N–H and O–H groups in total. The molecular formula is C16H19NO4. The molecule has 0 bridgehead atoms. The van der Waals surface area contributed by atoms with Crippen LogP contribution in [0.4, 0.5) is 4.79 Å². The van der Waals surface area contributed by atoms with Gasteiger partial charge in [0.1, 0.15) is 11.8 Å². The van der Waals surface area contributed by atoms with Crippen molar-refractivity contribution in [3.8, 4) is 11.8 Å². The van der Waals surface area contributed by atoms with Crippen molar-refractivity contribution in [2.45, 2.75) is 31.7 Å². The van der Waals surface area contributed by atoms with Crippen molar-refractivity contribution >= 4 is 6.09 Å². The molecule has 5 nitrogen and oxygen atoms in total. The van der Waals surface area contributed by atoms with Crippen molar-refractivity contribution in [3.63, 3.8) is 0 Å². The highest BCUT2D eigenvalue weighted by Gasteiger charge is 2.47. The highest BCUT2D eigenvalue weighted by molar-refractivity contribution is 5.67. The number of carbonyl (C=O) groups is 1. The van der Waals surface area contributed by atoms with Crippen LogP contribution in [-0.2, 0) is 9.47 Å². The summed E-state index contributed by atoms with van der Waals surface area (Å²) in [6, 6.07) is 9.05. The van der Waals surface area contributed by atoms with Gasteiger partial charge in [0, 0.05) is 12.7 Å². The second-order valence-electron chi connectivity index (χ2n) is 5.27. The average molecular weight is 289 g/mol. The third-order valence-electron chi connectivity index (χ3n) is 3.46. The lowest BCUT2D eigenvalue weighted by Gasteiger charge is -2.32. The van der Waals surface area contributed by atoms with Gasteiger partial charge in [-0.15, -0.1) is 0 Å². The van der Waals surface area contributed by atoms with Gasteiger partial charge in [0.15, 0.2) is 0 Å². The standard InChI is InChI=1S/C16H19NO4/c1-16(2)17(15(18)19)13(11-21-16)14(20-3)10-9-12-7-5-4-6-8-12/h4-8,13-14H,11H2,1-3H3,(H,18,19)/t13-,14?/m1/s1. The van der Waals surface area contributed by atoms with Crippen LogP contribution in [0.2, 0.25) is 0 Å². The van der Waals surface area contributed by atoms with E-state index >= 15 is 0 Å². The molecule has 1 fully saturated rings. The Labute approximate surface area is 124 Å². The molecule has 2 rings (SSSR count). The van der Waals surface area contributed by atoms with E-state index in [-0.39, 0.29) is 6.61 Å². The molecule has 21 heavy (non-hydrogen) atoms. The summed E-state index contributed by atoms with van der Waals surface area (Å²) >= 11 is 0. The third-order valence-corrected chi connectivity index (χ3v) is 3.46. The minimum absolute atomic E-state index is 0.265. The van der Waals surface area contributed by atoms with Gasteiger partial charge in [-0.3, -0.25) is 4.90 Å². The van der Waals surface area contributed by atoms with Crippen molar-refractivity contribution in [1.29, 1.82) is 0 Å². The summed E-state index contributed by atoms with van der Waals surface area (Å²) in [5.41, 5.74) is -0.0126. The van der Waals surface area contributed by atoms with Crippen LogP contribution in [-0.4, -0.2) is 47.7 Å². The number of methoxy groups -OCH3 is 1. The SMILES string of the molecule is COC(C#Cc1ccccc1)[C@H]1COC(C)(C)N1C(=O)O. The molecule has 112 valence electrons. The molecular weight excluding hydrogens is 270 g/mol. The number of hydrogen-bond donors (Lipinski definition) is 1. The Bertz CT molecular complexity index is 559. The van der Waals surface area contributed by atoms with Gasteiger partial charge in [-0.2, -0.15) is 0 Å². The fourth-order valence-electron chi connectivity index (χ4n) is 2.42. The number of carboxylic acid groups (broad SMARTS) is 1. The Morgan fingerprint density at radius 3 is 2.71 bits per heavy atom. The first-order valence-electron chi connectivity index (χ1n) is 6.71. The second kappa shape index (κ2) is 6.17. The minimum atomic E-state index is -1.04. The first-order chi connectivity index (χ1) is 9.95. The quantitative estimate of drug-likeness (QED) is 0.848. The molecule has 1 heterocycles. The number of hydrogen-bond acceptors (Lipinski definition) is 3. The number of amides is 1. The maximum Gasteiger partial charge on any atom is 0.410 e. The van der Waals surface area contributed by atoms with Gasteiger partial charge in [0.2, 0.25) is 0 Å². The molecule has 1 aliphatic heterocycles. The van der Waals surface area contributed by atoms with Crippen molar-refractivity contribution in [3.05, 3.63) is 35.9 Å². The second-order valence-corrected chi connectivity index (χ2v) is 5.27. The third kappa shape index (κ3) is 3.35. The molecule has 1 aromatic rings. The van der Waals surface area contributed by atoms with Crippen molar-refractivity contribution in [2.24, 2.45) is 0 Å². The lowest BCUT2D eigenvalue weighted by Crippen LogP contribution is -2.51.